The van der Waals surface area contributed by atoms with Crippen molar-refractivity contribution in [3.63, 3.8) is 0 Å². The zero-order valence-corrected chi connectivity index (χ0v) is 23.6. The first-order chi connectivity index (χ1) is 19.4. The van der Waals surface area contributed by atoms with Gasteiger partial charge in [-0.15, -0.1) is 11.5 Å². The predicted molar refractivity (Wildman–Crippen MR) is 151 cm³/mol. The van der Waals surface area contributed by atoms with Gasteiger partial charge in [-0.05, 0) is 61.6 Å². The minimum absolute atomic E-state index is 0.170. The molecule has 0 radical (unpaired) electrons. The molecule has 9 nitrogen and oxygen atoms in total. The van der Waals surface area contributed by atoms with Crippen molar-refractivity contribution < 1.29 is 35.5 Å². The molecule has 0 spiro atoms. The Balaban J connectivity index is 0.000000426. The molecule has 1 amide bonds. The summed E-state index contributed by atoms with van der Waals surface area (Å²) in [7, 11) is -6.56. The van der Waals surface area contributed by atoms with Crippen LogP contribution in [0.2, 0.25) is 0 Å². The van der Waals surface area contributed by atoms with E-state index in [0.29, 0.717) is 16.1 Å². The Labute approximate surface area is 241 Å². The number of benzene rings is 2. The zero-order valence-electron chi connectivity index (χ0n) is 21.2. The maximum atomic E-state index is 13.0. The molecule has 0 bridgehead atoms. The number of aromatic amines is 1. The molecule has 0 saturated carbocycles. The number of hydrogen-bond acceptors (Lipinski definition) is 7. The van der Waals surface area contributed by atoms with Gasteiger partial charge in [0.05, 0.1) is 16.3 Å². The van der Waals surface area contributed by atoms with Gasteiger partial charge in [0.2, 0.25) is 12.1 Å². The van der Waals surface area contributed by atoms with Gasteiger partial charge in [-0.25, -0.2) is 18.2 Å². The average Bonchev–Trinajstić information content (AvgIpc) is 3.32. The summed E-state index contributed by atoms with van der Waals surface area (Å²) in [5.74, 6) is 2.63. The highest BCUT2D eigenvalue weighted by Crippen LogP contribution is 2.26. The Morgan fingerprint density at radius 2 is 1.90 bits per heavy atom. The fraction of sp³-hybridized carbons (Fsp3) is 0.231. The standard InChI is InChI=1S/C25H21N5OS2.CHF3O3S/c1-2-12-30-22-9-4-3-6-17(22)13-19-15-20(10-11-23(19)30)27-24(31)18-7-5-8-21(14-18)29-33-16-26-28-25(33)32;2-1(3,4)8(5,6)7/h1,5,7-8,10-11,13-16,29H,3-4,6,9,12H2;(H,5,6,7)/p+1. The number of H-pyrrole nitrogens is 1. The van der Waals surface area contributed by atoms with E-state index in [0.717, 1.165) is 35.1 Å². The van der Waals surface area contributed by atoms with Gasteiger partial charge in [0.15, 0.2) is 21.3 Å². The van der Waals surface area contributed by atoms with Gasteiger partial charge in [-0.1, -0.05) is 6.07 Å². The lowest BCUT2D eigenvalue weighted by molar-refractivity contribution is -0.667. The van der Waals surface area contributed by atoms with E-state index in [1.165, 1.54) is 24.1 Å². The average molecular weight is 623 g/mol. The van der Waals surface area contributed by atoms with Crippen LogP contribution in [0, 0.1) is 16.3 Å². The summed E-state index contributed by atoms with van der Waals surface area (Å²) < 4.78 is 65.1. The Morgan fingerprint density at radius 1 is 1.17 bits per heavy atom. The van der Waals surface area contributed by atoms with Crippen molar-refractivity contribution in [3.8, 4) is 12.3 Å². The molecule has 0 saturated heterocycles. The van der Waals surface area contributed by atoms with Crippen molar-refractivity contribution in [2.75, 3.05) is 10.0 Å². The lowest BCUT2D eigenvalue weighted by Crippen LogP contribution is -2.41. The SMILES string of the molecule is C#CC[n+]1c2c(cc3cc(NC(=O)c4cccc(N[s+]5cn[nH]c5=S)c4)ccc31)CCCC2.O=S(=O)([O-])C(F)(F)F. The highest BCUT2D eigenvalue weighted by Gasteiger charge is 2.37. The van der Waals surface area contributed by atoms with E-state index < -0.39 is 26.3 Å². The van der Waals surface area contributed by atoms with Gasteiger partial charge < -0.3 is 9.87 Å². The van der Waals surface area contributed by atoms with Gasteiger partial charge in [-0.3, -0.25) is 4.79 Å². The van der Waals surface area contributed by atoms with E-state index in [9.17, 15) is 18.0 Å². The molecule has 1 unspecified atom stereocenters. The fourth-order valence-corrected chi connectivity index (χ4v) is 5.57. The van der Waals surface area contributed by atoms with Crippen LogP contribution in [0.3, 0.4) is 0 Å². The van der Waals surface area contributed by atoms with E-state index in [1.54, 1.807) is 11.6 Å². The Morgan fingerprint density at radius 3 is 2.56 bits per heavy atom. The molecule has 1 aliphatic carbocycles. The Hall–Kier alpha value is -3.84. The monoisotopic (exact) mass is 622 g/mol. The number of amides is 1. The number of aryl methyl sites for hydroxylation is 1. The molecule has 5 rings (SSSR count). The summed E-state index contributed by atoms with van der Waals surface area (Å²) in [6, 6.07) is 15.6. The molecule has 2 heterocycles. The smallest absolute Gasteiger partial charge is 0.485 e. The number of carbonyl (C=O) groups excluding carboxylic acids is 1. The third kappa shape index (κ3) is 7.27. The first-order valence-electron chi connectivity index (χ1n) is 12.1. The van der Waals surface area contributed by atoms with Crippen molar-refractivity contribution in [1.29, 1.82) is 0 Å². The molecule has 2 aromatic heterocycles. The summed E-state index contributed by atoms with van der Waals surface area (Å²) >= 11 is 5.23. The second kappa shape index (κ2) is 12.4. The molecule has 41 heavy (non-hydrogen) atoms. The van der Waals surface area contributed by atoms with E-state index in [-0.39, 0.29) is 5.91 Å². The van der Waals surface area contributed by atoms with Crippen molar-refractivity contribution in [2.24, 2.45) is 0 Å². The number of rotatable bonds is 5. The van der Waals surface area contributed by atoms with Crippen LogP contribution in [-0.4, -0.2) is 34.6 Å². The number of terminal acetylenes is 1. The quantitative estimate of drug-likeness (QED) is 0.0712. The second-order valence-electron chi connectivity index (χ2n) is 8.90. The van der Waals surface area contributed by atoms with Crippen LogP contribution < -0.4 is 14.6 Å². The van der Waals surface area contributed by atoms with Crippen LogP contribution in [0.15, 0.2) is 54.0 Å². The lowest BCUT2D eigenvalue weighted by Gasteiger charge is -2.16. The molecule has 2 aromatic carbocycles. The van der Waals surface area contributed by atoms with Gasteiger partial charge >= 0.3 is 9.46 Å². The minimum Gasteiger partial charge on any atom is -0.741 e. The number of hydrogen-bond donors (Lipinski definition) is 3. The number of fused-ring (bicyclic) bond motifs is 2. The van der Waals surface area contributed by atoms with Crippen molar-refractivity contribution in [3.05, 3.63) is 74.8 Å². The summed E-state index contributed by atoms with van der Waals surface area (Å²) in [5.41, 5.74) is 2.01. The van der Waals surface area contributed by atoms with Crippen LogP contribution in [0.1, 0.15) is 34.5 Å². The maximum Gasteiger partial charge on any atom is 0.485 e. The number of halogens is 3. The lowest BCUT2D eigenvalue weighted by atomic mass is 9.94. The van der Waals surface area contributed by atoms with Crippen molar-refractivity contribution in [2.45, 2.75) is 37.7 Å². The van der Waals surface area contributed by atoms with Crippen molar-refractivity contribution in [1.82, 2.24) is 10.2 Å². The first kappa shape index (κ1) is 30.1. The van der Waals surface area contributed by atoms with Gasteiger partial charge in [-0.2, -0.15) is 17.7 Å². The Bertz CT molecular complexity index is 1810. The summed E-state index contributed by atoms with van der Waals surface area (Å²) in [4.78, 5) is 13.0. The first-order valence-corrected chi connectivity index (χ1v) is 15.2. The number of nitrogens with one attached hydrogen (secondary N) is 3. The van der Waals surface area contributed by atoms with Gasteiger partial charge in [0.25, 0.3) is 18.1 Å². The molecular formula is C26H23F3N5O4S3+. The van der Waals surface area contributed by atoms with E-state index in [1.807, 2.05) is 36.4 Å². The molecule has 214 valence electrons. The third-order valence-electron chi connectivity index (χ3n) is 6.11. The highest BCUT2D eigenvalue weighted by atomic mass is 32.2. The number of alkyl halides is 3. The van der Waals surface area contributed by atoms with Crippen LogP contribution in [-0.2, 0) is 29.5 Å². The molecule has 0 fully saturated rings. The largest absolute Gasteiger partial charge is 0.741 e. The molecule has 4 aromatic rings. The van der Waals surface area contributed by atoms with Crippen LogP contribution in [0.5, 0.6) is 0 Å². The highest BCUT2D eigenvalue weighted by molar-refractivity contribution is 7.86. The predicted octanol–water partition coefficient (Wildman–Crippen LogP) is 5.02. The molecule has 15 heteroatoms. The molecule has 1 atom stereocenters. The topological polar surface area (TPSA) is 131 Å². The number of nitrogens with zero attached hydrogens (tertiary/aromatic N) is 2. The third-order valence-corrected chi connectivity index (χ3v) is 8.57. The molecule has 1 aliphatic rings. The van der Waals surface area contributed by atoms with Crippen LogP contribution in [0.4, 0.5) is 24.5 Å². The van der Waals surface area contributed by atoms with E-state index in [4.69, 9.17) is 31.6 Å². The fourth-order valence-electron chi connectivity index (χ4n) is 4.33. The van der Waals surface area contributed by atoms with Gasteiger partial charge in [0.1, 0.15) is 0 Å². The maximum absolute atomic E-state index is 13.0. The van der Waals surface area contributed by atoms with Gasteiger partial charge in [0, 0.05) is 34.7 Å². The summed E-state index contributed by atoms with van der Waals surface area (Å²) in [5, 5.41) is 10.8. The summed E-state index contributed by atoms with van der Waals surface area (Å²) in [6.07, 6.45) is 10.2. The summed E-state index contributed by atoms with van der Waals surface area (Å²) in [6.45, 7) is 0.552. The van der Waals surface area contributed by atoms with Crippen LogP contribution in [0.25, 0.3) is 10.9 Å². The Kier molecular flexibility index (Phi) is 9.08. The molecule has 3 N–H and O–H groups in total. The molecular weight excluding hydrogens is 600 g/mol. The number of pyridine rings is 1. The van der Waals surface area contributed by atoms with E-state index in [2.05, 4.69) is 36.8 Å². The van der Waals surface area contributed by atoms with Crippen LogP contribution >= 0.6 is 22.9 Å². The normalized spacial score (nSPS) is 13.4. The van der Waals surface area contributed by atoms with Crippen molar-refractivity contribution >= 4 is 61.2 Å². The minimum atomic E-state index is -6.09. The van der Waals surface area contributed by atoms with E-state index >= 15 is 0 Å². The zero-order chi connectivity index (χ0) is 29.8. The second-order valence-corrected chi connectivity index (χ2v) is 12.4. The molecule has 0 aliphatic heterocycles. The number of anilines is 2. The number of aromatic nitrogens is 3. The number of carbonyl (C=O) groups is 1.